The number of benzene rings is 2. The number of unbranched alkanes of at least 4 members (excludes halogenated alkanes) is 1. The Hall–Kier alpha value is -7.91. The summed E-state index contributed by atoms with van der Waals surface area (Å²) in [5.74, 6) is -8.89. The van der Waals surface area contributed by atoms with E-state index in [2.05, 4.69) is 31.9 Å². The predicted molar refractivity (Wildman–Crippen MR) is 302 cm³/mol. The lowest BCUT2D eigenvalue weighted by atomic mass is 9.83. The number of hydroxylamine groups is 2. The van der Waals surface area contributed by atoms with Crippen molar-refractivity contribution in [2.45, 2.75) is 148 Å². The van der Waals surface area contributed by atoms with Crippen molar-refractivity contribution >= 4 is 88.3 Å². The molecule has 85 heavy (non-hydrogen) atoms. The number of nitrogens with one attached hydrogen (secondary N) is 6. The van der Waals surface area contributed by atoms with Crippen LogP contribution in [0.15, 0.2) is 48.1 Å². The Labute approximate surface area is 494 Å². The van der Waals surface area contributed by atoms with Crippen molar-refractivity contribution in [2.75, 3.05) is 43.3 Å². The molecule has 3 fully saturated rings. The number of halogens is 3. The van der Waals surface area contributed by atoms with E-state index in [4.69, 9.17) is 41.1 Å². The van der Waals surface area contributed by atoms with Gasteiger partial charge in [0.15, 0.2) is 5.72 Å². The average Bonchev–Trinajstić information content (AvgIpc) is 1.66. The molecule has 3 heterocycles. The molecule has 2 saturated heterocycles. The van der Waals surface area contributed by atoms with Crippen LogP contribution in [0.3, 0.4) is 0 Å². The number of anilines is 3. The van der Waals surface area contributed by atoms with Crippen molar-refractivity contribution in [1.29, 1.82) is 0 Å². The zero-order valence-electron chi connectivity index (χ0n) is 48.5. The van der Waals surface area contributed by atoms with Crippen LogP contribution in [-0.2, 0) is 59.0 Å². The number of nitrogens with two attached hydrogens (primary N) is 1. The molecule has 28 heteroatoms. The molecule has 2 aromatic carbocycles. The fourth-order valence-corrected chi connectivity index (χ4v) is 10.9. The molecule has 4 bridgehead atoms. The van der Waals surface area contributed by atoms with E-state index in [1.165, 1.54) is 26.2 Å². The second-order valence-corrected chi connectivity index (χ2v) is 22.6. The van der Waals surface area contributed by atoms with Crippen molar-refractivity contribution < 1.29 is 85.6 Å². The Kier molecular flexibility index (Phi) is 22.4. The number of aliphatic hydroxyl groups is 1. The molecule has 6 rings (SSSR count). The van der Waals surface area contributed by atoms with Crippen LogP contribution >= 0.6 is 11.6 Å². The highest BCUT2D eigenvalue weighted by atomic mass is 35.5. The molecular formula is C57H74ClF2N9O16. The van der Waals surface area contributed by atoms with Crippen molar-refractivity contribution in [3.63, 3.8) is 0 Å². The molecule has 0 aromatic heterocycles. The molecule has 0 spiro atoms. The number of imide groups is 1. The molecule has 9 atom stereocenters. The highest BCUT2D eigenvalue weighted by Crippen LogP contribution is 2.61. The lowest BCUT2D eigenvalue weighted by molar-refractivity contribution is -0.197. The van der Waals surface area contributed by atoms with Gasteiger partial charge in [-0.3, -0.25) is 39.4 Å². The lowest BCUT2D eigenvalue weighted by Gasteiger charge is -2.42. The van der Waals surface area contributed by atoms with Gasteiger partial charge >= 0.3 is 24.2 Å². The van der Waals surface area contributed by atoms with Gasteiger partial charge in [0.1, 0.15) is 52.8 Å². The second-order valence-electron chi connectivity index (χ2n) is 22.2. The normalized spacial score (nSPS) is 25.0. The number of allylic oxidation sites excluding steroid dienone is 3. The van der Waals surface area contributed by atoms with Crippen LogP contribution in [0.25, 0.3) is 0 Å². The van der Waals surface area contributed by atoms with Crippen molar-refractivity contribution in [1.82, 2.24) is 26.3 Å². The molecule has 464 valence electrons. The summed E-state index contributed by atoms with van der Waals surface area (Å²) in [6.07, 6.45) is -0.605. The third-order valence-electron chi connectivity index (χ3n) is 15.6. The highest BCUT2D eigenvalue weighted by molar-refractivity contribution is 6.35. The molecule has 1 aliphatic carbocycles. The van der Waals surface area contributed by atoms with Crippen LogP contribution in [0, 0.1) is 34.8 Å². The first kappa shape index (κ1) is 66.2. The molecular weight excluding hydrogens is 1140 g/mol. The zero-order chi connectivity index (χ0) is 62.7. The second kappa shape index (κ2) is 28.8. The number of urea groups is 1. The van der Waals surface area contributed by atoms with E-state index < -0.39 is 148 Å². The number of methoxy groups -OCH3 is 2. The van der Waals surface area contributed by atoms with Gasteiger partial charge in [-0.25, -0.2) is 28.0 Å². The van der Waals surface area contributed by atoms with Gasteiger partial charge in [0.05, 0.1) is 30.6 Å². The maximum absolute atomic E-state index is 16.1. The van der Waals surface area contributed by atoms with E-state index in [0.717, 1.165) is 5.57 Å². The van der Waals surface area contributed by atoms with Gasteiger partial charge in [0.25, 0.3) is 11.8 Å². The smallest absolute Gasteiger partial charge is 0.412 e. The number of carbonyl (C=O) groups is 10. The topological polar surface area (TPSA) is 342 Å². The molecule has 3 aliphatic heterocycles. The molecule has 25 nitrogen and oxygen atoms in total. The van der Waals surface area contributed by atoms with Crippen molar-refractivity contribution in [3.8, 4) is 5.75 Å². The first-order valence-corrected chi connectivity index (χ1v) is 28.1. The third-order valence-corrected chi connectivity index (χ3v) is 15.9. The van der Waals surface area contributed by atoms with Gasteiger partial charge in [0, 0.05) is 70.4 Å². The van der Waals surface area contributed by atoms with E-state index in [-0.39, 0.29) is 80.8 Å². The van der Waals surface area contributed by atoms with Crippen molar-refractivity contribution in [3.05, 3.63) is 70.3 Å². The summed E-state index contributed by atoms with van der Waals surface area (Å²) < 4.78 is 55.0. The summed E-state index contributed by atoms with van der Waals surface area (Å²) in [4.78, 5) is 135. The number of fused-ring (bicyclic) bond motifs is 5. The third kappa shape index (κ3) is 17.1. The first-order chi connectivity index (χ1) is 40.1. The zero-order valence-corrected chi connectivity index (χ0v) is 49.3. The Morgan fingerprint density at radius 3 is 2.21 bits per heavy atom. The average molecular weight is 1210 g/mol. The maximum atomic E-state index is 16.1. The summed E-state index contributed by atoms with van der Waals surface area (Å²) in [7, 11) is 4.29. The van der Waals surface area contributed by atoms with Crippen LogP contribution in [0.4, 0.5) is 40.2 Å². The lowest BCUT2D eigenvalue weighted by Crippen LogP contribution is -2.63. The number of hydrogen-bond acceptors (Lipinski definition) is 16. The largest absolute Gasteiger partial charge is 0.495 e. The number of hydrogen-bond donors (Lipinski definition) is 8. The molecule has 0 unspecified atom stereocenters. The first-order valence-electron chi connectivity index (χ1n) is 27.8. The SMILES string of the molecule is COc1cc2cc(c1Cl)N(C)C(=O)C[C@H](OC(=O)Nc1cc(F)c(NC(=O)[C@H](CCCNC(N)=O)NC(=O)[C@@H](NC(=O)CCCCC(=O)ON3C(=O)CCC3=O)C(C)C)cc1F)[C@]1(C)C[C@H]1[C@H](C)[C@@H]1C[C@@](O)(NC(=O)O1)[C@H](OC)/C=C/C=C(\C)C2. The van der Waals surface area contributed by atoms with Gasteiger partial charge in [-0.2, -0.15) is 0 Å². The van der Waals surface area contributed by atoms with E-state index in [1.54, 1.807) is 58.1 Å². The fourth-order valence-electron chi connectivity index (χ4n) is 10.6. The molecule has 4 aliphatic rings. The number of carbonyl (C=O) groups excluding carboxylic acids is 10. The number of amides is 10. The number of primary amides is 1. The molecule has 10 amide bonds. The Balaban J connectivity index is 1.17. The molecule has 2 aromatic rings. The minimum Gasteiger partial charge on any atom is -0.495 e. The quantitative estimate of drug-likeness (QED) is 0.0582. The van der Waals surface area contributed by atoms with Crippen LogP contribution < -0.4 is 47.3 Å². The summed E-state index contributed by atoms with van der Waals surface area (Å²) in [5.41, 5.74) is 2.62. The van der Waals surface area contributed by atoms with Gasteiger partial charge in [0.2, 0.25) is 23.6 Å². The maximum Gasteiger partial charge on any atom is 0.412 e. The monoisotopic (exact) mass is 1210 g/mol. The number of rotatable bonds is 20. The van der Waals surface area contributed by atoms with Crippen LogP contribution in [0.1, 0.15) is 111 Å². The molecule has 0 radical (unpaired) electrons. The predicted octanol–water partition coefficient (Wildman–Crippen LogP) is 5.70. The number of alkyl carbamates (subject to hydrolysis) is 1. The van der Waals surface area contributed by atoms with Gasteiger partial charge in [-0.15, -0.1) is 5.06 Å². The number of ether oxygens (including phenoxy) is 4. The van der Waals surface area contributed by atoms with Crippen LogP contribution in [-0.4, -0.2) is 134 Å². The van der Waals surface area contributed by atoms with Gasteiger partial charge in [-0.05, 0) is 80.9 Å². The van der Waals surface area contributed by atoms with E-state index in [1.807, 2.05) is 6.92 Å². The summed E-state index contributed by atoms with van der Waals surface area (Å²) in [6.45, 7) is 8.58. The summed E-state index contributed by atoms with van der Waals surface area (Å²) in [5, 5.41) is 26.8. The minimum absolute atomic E-state index is 0.0423. The Morgan fingerprint density at radius 2 is 1.58 bits per heavy atom. The van der Waals surface area contributed by atoms with Crippen LogP contribution in [0.2, 0.25) is 5.02 Å². The number of nitrogens with zero attached hydrogens (tertiary/aromatic N) is 2. The van der Waals surface area contributed by atoms with Gasteiger partial charge in [-0.1, -0.05) is 63.1 Å². The Bertz CT molecular complexity index is 2970. The summed E-state index contributed by atoms with van der Waals surface area (Å²) in [6, 6.07) is 0.997. The summed E-state index contributed by atoms with van der Waals surface area (Å²) >= 11 is 6.81. The van der Waals surface area contributed by atoms with E-state index in [9.17, 15) is 53.1 Å². The Morgan fingerprint density at radius 1 is 0.918 bits per heavy atom. The molecule has 1 saturated carbocycles. The fraction of sp³-hybridized carbons (Fsp3) is 0.544. The van der Waals surface area contributed by atoms with Crippen molar-refractivity contribution in [2.24, 2.45) is 28.9 Å². The van der Waals surface area contributed by atoms with Gasteiger partial charge < -0.3 is 60.8 Å². The molecule has 9 N–H and O–H groups in total. The van der Waals surface area contributed by atoms with Crippen LogP contribution in [0.5, 0.6) is 5.75 Å². The highest BCUT2D eigenvalue weighted by Gasteiger charge is 2.62. The minimum atomic E-state index is -1.92. The van der Waals surface area contributed by atoms with E-state index >= 15 is 8.78 Å². The standard InChI is InChI=1S/C57H74ClF2N9O16/c1-29(2)50(66-44(70)16-9-10-17-48(74)85-69-45(71)18-19-46(69)72)52(76)63-36(14-12-20-62-53(61)77)51(75)64-37-24-35(60)38(25-34(37)59)65-54(78)84-43-26-47(73)68(6)39-22-32(23-40(81-7)49(39)58)21-30(3)13-11-15-42(82-8)57(80)28-41(83-55(79)67-57)31(4)33-27-56(33,43)5/h11,13,15,22-25,29,31,33,36,41-43,50,80H,9-10,12,14,16-21,26-28H2,1-8H3,(H,63,76)(H,64,75)(H,65,78)(H,66,70)(H,67,79)(H3,61,62,77)/b15-11+,30-13+/t31-,33-,36-,41-,42+,43-,50-,56+,57-/m0/s1. The van der Waals surface area contributed by atoms with E-state index in [0.29, 0.717) is 35.6 Å².